The maximum absolute atomic E-state index is 13.5. The Bertz CT molecular complexity index is 1200. The molecule has 2 fully saturated rings. The van der Waals surface area contributed by atoms with Gasteiger partial charge in [-0.15, -0.1) is 0 Å². The second-order valence-corrected chi connectivity index (χ2v) is 10.2. The van der Waals surface area contributed by atoms with Gasteiger partial charge < -0.3 is 21.3 Å². The number of carbonyl (C=O) groups excluding carboxylic acids is 1. The number of piperidine rings is 1. The van der Waals surface area contributed by atoms with Crippen LogP contribution < -0.4 is 16.4 Å². The Kier molecular flexibility index (Phi) is 6.92. The summed E-state index contributed by atoms with van der Waals surface area (Å²) in [6, 6.07) is 18.8. The van der Waals surface area contributed by atoms with E-state index < -0.39 is 17.7 Å². The lowest BCUT2D eigenvalue weighted by Crippen LogP contribution is -2.50. The molecule has 7 heteroatoms. The summed E-state index contributed by atoms with van der Waals surface area (Å²) in [4.78, 5) is 15.2. The quantitative estimate of drug-likeness (QED) is 0.368. The first-order valence-corrected chi connectivity index (χ1v) is 12.6. The van der Waals surface area contributed by atoms with Crippen LogP contribution in [0.4, 0.5) is 25.0 Å². The van der Waals surface area contributed by atoms with Gasteiger partial charge in [0.05, 0.1) is 0 Å². The van der Waals surface area contributed by atoms with Crippen molar-refractivity contribution in [1.29, 1.82) is 0 Å². The van der Waals surface area contributed by atoms with Crippen molar-refractivity contribution in [3.05, 3.63) is 83.9 Å². The summed E-state index contributed by atoms with van der Waals surface area (Å²) in [5.74, 6) is -0.624. The first-order chi connectivity index (χ1) is 17.4. The van der Waals surface area contributed by atoms with Gasteiger partial charge in [0.25, 0.3) is 0 Å². The standard InChI is InChI=1S/C29H32F2N4O/c30-24-15-25(31)17-27(16-24)34-28(36)33-19-29(10-12-35(13-11-29)18-20-4-5-20)23-8-6-21(7-9-23)22-2-1-3-26(32)14-22/h1-3,6-9,14-17,20H,4-5,10-13,18-19,32H2,(H2,33,34,36). The number of carbonyl (C=O) groups is 1. The predicted octanol–water partition coefficient (Wildman–Crippen LogP) is 5.78. The second-order valence-electron chi connectivity index (χ2n) is 10.2. The van der Waals surface area contributed by atoms with E-state index in [0.717, 1.165) is 73.4 Å². The number of halogens is 2. The van der Waals surface area contributed by atoms with Gasteiger partial charge in [0, 0.05) is 35.9 Å². The zero-order valence-electron chi connectivity index (χ0n) is 20.3. The molecule has 1 aliphatic carbocycles. The minimum Gasteiger partial charge on any atom is -0.399 e. The van der Waals surface area contributed by atoms with Crippen LogP contribution in [-0.2, 0) is 5.41 Å². The number of nitrogens with zero attached hydrogens (tertiary/aromatic N) is 1. The average Bonchev–Trinajstić information content (AvgIpc) is 3.67. The highest BCUT2D eigenvalue weighted by molar-refractivity contribution is 5.89. The van der Waals surface area contributed by atoms with E-state index in [-0.39, 0.29) is 11.1 Å². The fourth-order valence-electron chi connectivity index (χ4n) is 5.18. The summed E-state index contributed by atoms with van der Waals surface area (Å²) in [6.45, 7) is 3.55. The lowest BCUT2D eigenvalue weighted by atomic mass is 9.72. The molecule has 0 unspecified atom stereocenters. The van der Waals surface area contributed by atoms with Gasteiger partial charge in [0.1, 0.15) is 11.6 Å². The van der Waals surface area contributed by atoms with Crippen LogP contribution in [0.1, 0.15) is 31.2 Å². The summed E-state index contributed by atoms with van der Waals surface area (Å²) >= 11 is 0. The molecule has 0 spiro atoms. The first kappa shape index (κ1) is 24.3. The summed E-state index contributed by atoms with van der Waals surface area (Å²) < 4.78 is 27.0. The summed E-state index contributed by atoms with van der Waals surface area (Å²) in [5, 5.41) is 5.53. The van der Waals surface area contributed by atoms with E-state index in [1.165, 1.54) is 18.4 Å². The summed E-state index contributed by atoms with van der Waals surface area (Å²) in [5.41, 5.74) is 9.89. The van der Waals surface area contributed by atoms with Crippen LogP contribution in [0.15, 0.2) is 66.7 Å². The molecule has 5 nitrogen and oxygen atoms in total. The number of likely N-dealkylation sites (tertiary alicyclic amines) is 1. The molecule has 4 N–H and O–H groups in total. The number of anilines is 2. The van der Waals surface area contributed by atoms with Gasteiger partial charge in [-0.3, -0.25) is 0 Å². The SMILES string of the molecule is Nc1cccc(-c2ccc(C3(CNC(=O)Nc4cc(F)cc(F)c4)CCN(CC4CC4)CC3)cc2)c1. The third kappa shape index (κ3) is 5.85. The lowest BCUT2D eigenvalue weighted by molar-refractivity contribution is 0.152. The third-order valence-electron chi connectivity index (χ3n) is 7.45. The highest BCUT2D eigenvalue weighted by Gasteiger charge is 2.38. The summed E-state index contributed by atoms with van der Waals surface area (Å²) in [7, 11) is 0. The van der Waals surface area contributed by atoms with Gasteiger partial charge >= 0.3 is 6.03 Å². The maximum Gasteiger partial charge on any atom is 0.319 e. The number of nitrogen functional groups attached to an aromatic ring is 1. The van der Waals surface area contributed by atoms with E-state index in [1.807, 2.05) is 24.3 Å². The highest BCUT2D eigenvalue weighted by Crippen LogP contribution is 2.38. The Morgan fingerprint density at radius 1 is 0.944 bits per heavy atom. The van der Waals surface area contributed by atoms with Gasteiger partial charge in [-0.05, 0) is 85.6 Å². The molecular formula is C29H32F2N4O. The Morgan fingerprint density at radius 3 is 2.28 bits per heavy atom. The van der Waals surface area contributed by atoms with Crippen LogP contribution >= 0.6 is 0 Å². The molecule has 3 aromatic rings. The molecule has 1 aliphatic heterocycles. The highest BCUT2D eigenvalue weighted by atomic mass is 19.1. The van der Waals surface area contributed by atoms with Crippen LogP contribution in [0.2, 0.25) is 0 Å². The largest absolute Gasteiger partial charge is 0.399 e. The smallest absolute Gasteiger partial charge is 0.319 e. The van der Waals surface area contributed by atoms with Crippen molar-refractivity contribution in [3.8, 4) is 11.1 Å². The molecule has 2 aliphatic rings. The van der Waals surface area contributed by atoms with Crippen molar-refractivity contribution >= 4 is 17.4 Å². The van der Waals surface area contributed by atoms with Crippen LogP contribution in [0, 0.1) is 17.6 Å². The van der Waals surface area contributed by atoms with Crippen molar-refractivity contribution in [2.45, 2.75) is 31.1 Å². The molecule has 188 valence electrons. The van der Waals surface area contributed by atoms with Gasteiger partial charge in [-0.1, -0.05) is 36.4 Å². The van der Waals surface area contributed by atoms with Crippen LogP contribution in [-0.4, -0.2) is 37.1 Å². The average molecular weight is 491 g/mol. The maximum atomic E-state index is 13.5. The fraction of sp³-hybridized carbons (Fsp3) is 0.345. The molecule has 0 bridgehead atoms. The molecule has 5 rings (SSSR count). The van der Waals surface area contributed by atoms with Crippen molar-refractivity contribution in [2.75, 3.05) is 37.2 Å². The fourth-order valence-corrected chi connectivity index (χ4v) is 5.18. The van der Waals surface area contributed by atoms with E-state index >= 15 is 0 Å². The number of hydrogen-bond acceptors (Lipinski definition) is 3. The van der Waals surface area contributed by atoms with E-state index in [0.29, 0.717) is 6.54 Å². The van der Waals surface area contributed by atoms with Crippen LogP contribution in [0.25, 0.3) is 11.1 Å². The molecular weight excluding hydrogens is 458 g/mol. The number of nitrogens with two attached hydrogens (primary N) is 1. The Morgan fingerprint density at radius 2 is 1.64 bits per heavy atom. The van der Waals surface area contributed by atoms with Crippen molar-refractivity contribution < 1.29 is 13.6 Å². The number of hydrogen-bond donors (Lipinski definition) is 3. The van der Waals surface area contributed by atoms with Crippen LogP contribution in [0.3, 0.4) is 0 Å². The molecule has 0 atom stereocenters. The first-order valence-electron chi connectivity index (χ1n) is 12.6. The molecule has 2 amide bonds. The number of amides is 2. The van der Waals surface area contributed by atoms with Gasteiger partial charge in [0.2, 0.25) is 0 Å². The van der Waals surface area contributed by atoms with E-state index in [4.69, 9.17) is 5.73 Å². The topological polar surface area (TPSA) is 70.4 Å². The van der Waals surface area contributed by atoms with Crippen molar-refractivity contribution in [1.82, 2.24) is 10.2 Å². The second kappa shape index (κ2) is 10.3. The monoisotopic (exact) mass is 490 g/mol. The van der Waals surface area contributed by atoms with Gasteiger partial charge in [0.15, 0.2) is 0 Å². The molecule has 3 aromatic carbocycles. The third-order valence-corrected chi connectivity index (χ3v) is 7.45. The van der Waals surface area contributed by atoms with E-state index in [9.17, 15) is 13.6 Å². The Labute approximate surface area is 210 Å². The number of nitrogens with one attached hydrogen (secondary N) is 2. The summed E-state index contributed by atoms with van der Waals surface area (Å²) in [6.07, 6.45) is 4.50. The van der Waals surface area contributed by atoms with Gasteiger partial charge in [-0.2, -0.15) is 0 Å². The van der Waals surface area contributed by atoms with E-state index in [1.54, 1.807) is 0 Å². The zero-order chi connectivity index (χ0) is 25.1. The predicted molar refractivity (Wildman–Crippen MR) is 140 cm³/mol. The molecule has 1 heterocycles. The molecule has 0 aromatic heterocycles. The molecule has 1 saturated heterocycles. The minimum atomic E-state index is -0.731. The van der Waals surface area contributed by atoms with Crippen molar-refractivity contribution in [2.24, 2.45) is 5.92 Å². The molecule has 36 heavy (non-hydrogen) atoms. The Balaban J connectivity index is 1.32. The van der Waals surface area contributed by atoms with Crippen LogP contribution in [0.5, 0.6) is 0 Å². The Hall–Kier alpha value is -3.45. The lowest BCUT2D eigenvalue weighted by Gasteiger charge is -2.42. The zero-order valence-corrected chi connectivity index (χ0v) is 20.3. The minimum absolute atomic E-state index is 0.0878. The van der Waals surface area contributed by atoms with E-state index in [2.05, 4.69) is 39.8 Å². The normalized spacial score (nSPS) is 17.5. The molecule has 0 radical (unpaired) electrons. The van der Waals surface area contributed by atoms with Gasteiger partial charge in [-0.25, -0.2) is 13.6 Å². The van der Waals surface area contributed by atoms with Crippen molar-refractivity contribution in [3.63, 3.8) is 0 Å². The molecule has 1 saturated carbocycles. The number of rotatable bonds is 7. The number of urea groups is 1. The number of benzene rings is 3.